The number of H-pyrrole nitrogens is 1. The number of hydrogen-bond donors (Lipinski definition) is 2. The molecule has 0 bridgehead atoms. The summed E-state index contributed by atoms with van der Waals surface area (Å²) in [4.78, 5) is 57.1. The van der Waals surface area contributed by atoms with Crippen LogP contribution in [0.1, 0.15) is 54.5 Å². The monoisotopic (exact) mass is 417 g/mol. The minimum atomic E-state index is -0.745. The predicted molar refractivity (Wildman–Crippen MR) is 113 cm³/mol. The van der Waals surface area contributed by atoms with Crippen molar-refractivity contribution in [1.82, 2.24) is 14.5 Å². The summed E-state index contributed by atoms with van der Waals surface area (Å²) in [5, 5.41) is 0. The van der Waals surface area contributed by atoms with Gasteiger partial charge in [0.1, 0.15) is 11.5 Å². The van der Waals surface area contributed by atoms with Crippen molar-refractivity contribution in [2.75, 3.05) is 24.3 Å². The molecule has 2 aromatic heterocycles. The second kappa shape index (κ2) is 9.86. The summed E-state index contributed by atoms with van der Waals surface area (Å²) in [5.41, 5.74) is 4.92. The van der Waals surface area contributed by atoms with Gasteiger partial charge in [0.15, 0.2) is 5.69 Å². The summed E-state index contributed by atoms with van der Waals surface area (Å²) < 4.78 is 5.88. The van der Waals surface area contributed by atoms with Crippen LogP contribution in [0.25, 0.3) is 0 Å². The van der Waals surface area contributed by atoms with Crippen molar-refractivity contribution in [1.29, 1.82) is 0 Å². The number of nitrogen functional groups attached to an aromatic ring is 1. The quantitative estimate of drug-likeness (QED) is 0.619. The maximum absolute atomic E-state index is 13.2. The first-order chi connectivity index (χ1) is 14.2. The van der Waals surface area contributed by atoms with Gasteiger partial charge in [-0.1, -0.05) is 27.2 Å². The highest BCUT2D eigenvalue weighted by Gasteiger charge is 2.27. The van der Waals surface area contributed by atoms with Crippen molar-refractivity contribution < 1.29 is 14.3 Å². The zero-order valence-corrected chi connectivity index (χ0v) is 17.6. The number of nitrogens with one attached hydrogen (secondary N) is 1. The molecule has 0 atom stereocenters. The topological polar surface area (TPSA) is 140 Å². The van der Waals surface area contributed by atoms with E-state index in [2.05, 4.69) is 14.7 Å². The van der Waals surface area contributed by atoms with Gasteiger partial charge in [-0.05, 0) is 24.5 Å². The zero-order valence-electron chi connectivity index (χ0n) is 17.6. The number of methoxy groups -OCH3 is 1. The number of esters is 1. The molecule has 0 aliphatic heterocycles. The van der Waals surface area contributed by atoms with E-state index in [1.165, 1.54) is 34.9 Å². The number of nitrogens with zero attached hydrogens (tertiary/aromatic N) is 3. The lowest BCUT2D eigenvalue weighted by Gasteiger charge is -2.25. The molecule has 0 saturated carbocycles. The van der Waals surface area contributed by atoms with E-state index in [1.54, 1.807) is 0 Å². The molecule has 0 unspecified atom stereocenters. The lowest BCUT2D eigenvalue weighted by atomic mass is 10.1. The van der Waals surface area contributed by atoms with E-state index in [-0.39, 0.29) is 35.2 Å². The SMILES string of the molecule is CCCCn1c(N)c(N(CC(C)C)C(=O)c2ccc(C(=O)OC)cn2)c(=O)[nH]c1=O. The van der Waals surface area contributed by atoms with Crippen LogP contribution in [0.3, 0.4) is 0 Å². The Bertz CT molecular complexity index is 1020. The summed E-state index contributed by atoms with van der Waals surface area (Å²) in [6, 6.07) is 2.79. The first kappa shape index (κ1) is 22.9. The van der Waals surface area contributed by atoms with Crippen LogP contribution in [0.4, 0.5) is 11.5 Å². The van der Waals surface area contributed by atoms with E-state index in [0.29, 0.717) is 13.0 Å². The van der Waals surface area contributed by atoms with Crippen LogP contribution in [0.2, 0.25) is 0 Å². The molecule has 30 heavy (non-hydrogen) atoms. The first-order valence-electron chi connectivity index (χ1n) is 9.70. The van der Waals surface area contributed by atoms with Crippen molar-refractivity contribution in [3.63, 3.8) is 0 Å². The average Bonchev–Trinajstić information content (AvgIpc) is 2.71. The van der Waals surface area contributed by atoms with Gasteiger partial charge in [-0.2, -0.15) is 0 Å². The van der Waals surface area contributed by atoms with E-state index < -0.39 is 23.1 Å². The van der Waals surface area contributed by atoms with Gasteiger partial charge in [-0.25, -0.2) is 9.59 Å². The number of aromatic amines is 1. The zero-order chi connectivity index (χ0) is 22.4. The van der Waals surface area contributed by atoms with Crippen molar-refractivity contribution in [3.8, 4) is 0 Å². The third kappa shape index (κ3) is 4.94. The minimum Gasteiger partial charge on any atom is -0.465 e. The lowest BCUT2D eigenvalue weighted by molar-refractivity contribution is 0.0599. The second-order valence-electron chi connectivity index (χ2n) is 7.23. The number of anilines is 2. The van der Waals surface area contributed by atoms with Crippen molar-refractivity contribution in [2.45, 2.75) is 40.2 Å². The number of amides is 1. The predicted octanol–water partition coefficient (Wildman–Crippen LogP) is 1.40. The Morgan fingerprint density at radius 1 is 1.30 bits per heavy atom. The van der Waals surface area contributed by atoms with E-state index in [1.807, 2.05) is 20.8 Å². The van der Waals surface area contributed by atoms with Crippen LogP contribution in [0, 0.1) is 5.92 Å². The van der Waals surface area contributed by atoms with Crippen molar-refractivity contribution in [2.24, 2.45) is 5.92 Å². The number of hydrogen-bond acceptors (Lipinski definition) is 7. The molecule has 0 spiro atoms. The molecule has 10 nitrogen and oxygen atoms in total. The number of aromatic nitrogens is 3. The molecular weight excluding hydrogens is 390 g/mol. The molecule has 2 heterocycles. The second-order valence-corrected chi connectivity index (χ2v) is 7.23. The Labute approximate surface area is 173 Å². The molecular formula is C20H27N5O5. The number of ether oxygens (including phenoxy) is 1. The molecule has 2 rings (SSSR count). The highest BCUT2D eigenvalue weighted by atomic mass is 16.5. The fraction of sp³-hybridized carbons (Fsp3) is 0.450. The van der Waals surface area contributed by atoms with E-state index in [0.717, 1.165) is 6.42 Å². The molecule has 162 valence electrons. The number of unbranched alkanes of at least 4 members (excludes halogenated alkanes) is 1. The number of nitrogens with two attached hydrogens (primary N) is 1. The summed E-state index contributed by atoms with van der Waals surface area (Å²) in [5.74, 6) is -1.22. The molecule has 0 aromatic carbocycles. The Morgan fingerprint density at radius 2 is 2.00 bits per heavy atom. The fourth-order valence-electron chi connectivity index (χ4n) is 2.91. The van der Waals surface area contributed by atoms with Crippen LogP contribution in [0.15, 0.2) is 27.9 Å². The summed E-state index contributed by atoms with van der Waals surface area (Å²) in [6.45, 7) is 6.22. The summed E-state index contributed by atoms with van der Waals surface area (Å²) >= 11 is 0. The maximum Gasteiger partial charge on any atom is 0.339 e. The summed E-state index contributed by atoms with van der Waals surface area (Å²) in [6.07, 6.45) is 2.73. The number of carbonyl (C=O) groups excluding carboxylic acids is 2. The molecule has 1 amide bonds. The van der Waals surface area contributed by atoms with E-state index in [9.17, 15) is 19.2 Å². The van der Waals surface area contributed by atoms with Crippen LogP contribution in [-0.2, 0) is 11.3 Å². The molecule has 0 radical (unpaired) electrons. The van der Waals surface area contributed by atoms with Gasteiger partial charge in [0, 0.05) is 19.3 Å². The average molecular weight is 417 g/mol. The maximum atomic E-state index is 13.2. The van der Waals surface area contributed by atoms with Gasteiger partial charge in [0.2, 0.25) is 0 Å². The fourth-order valence-corrected chi connectivity index (χ4v) is 2.91. The highest BCUT2D eigenvalue weighted by Crippen LogP contribution is 2.21. The largest absolute Gasteiger partial charge is 0.465 e. The molecule has 2 aromatic rings. The minimum absolute atomic E-state index is 0.00175. The number of pyridine rings is 1. The molecule has 0 saturated heterocycles. The van der Waals surface area contributed by atoms with Gasteiger partial charge >= 0.3 is 11.7 Å². The van der Waals surface area contributed by atoms with Gasteiger partial charge in [0.25, 0.3) is 11.5 Å². The van der Waals surface area contributed by atoms with Gasteiger partial charge in [-0.3, -0.25) is 29.0 Å². The first-order valence-corrected chi connectivity index (χ1v) is 9.70. The Morgan fingerprint density at radius 3 is 2.53 bits per heavy atom. The lowest BCUT2D eigenvalue weighted by Crippen LogP contribution is -2.43. The molecule has 0 fully saturated rings. The third-order valence-corrected chi connectivity index (χ3v) is 4.42. The van der Waals surface area contributed by atoms with Crippen molar-refractivity contribution in [3.05, 3.63) is 50.4 Å². The molecule has 0 aliphatic rings. The van der Waals surface area contributed by atoms with Gasteiger partial charge < -0.3 is 10.5 Å². The number of rotatable bonds is 8. The number of carbonyl (C=O) groups is 2. The van der Waals surface area contributed by atoms with E-state index >= 15 is 0 Å². The smallest absolute Gasteiger partial charge is 0.339 e. The third-order valence-electron chi connectivity index (χ3n) is 4.42. The Kier molecular flexibility index (Phi) is 7.51. The van der Waals surface area contributed by atoms with Gasteiger partial charge in [-0.15, -0.1) is 0 Å². The van der Waals surface area contributed by atoms with Crippen LogP contribution < -0.4 is 21.9 Å². The molecule has 3 N–H and O–H groups in total. The Hall–Kier alpha value is -3.43. The van der Waals surface area contributed by atoms with Gasteiger partial charge in [0.05, 0.1) is 12.7 Å². The van der Waals surface area contributed by atoms with E-state index in [4.69, 9.17) is 5.73 Å². The molecule has 10 heteroatoms. The normalized spacial score (nSPS) is 10.8. The standard InChI is InChI=1S/C20H27N5O5/c1-5-6-9-24-16(21)15(17(26)23-20(24)29)25(11-12(2)3)18(27)14-8-7-13(10-22-14)19(28)30-4/h7-8,10,12H,5-6,9,11,21H2,1-4H3,(H,23,26,29). The van der Waals surface area contributed by atoms with Crippen LogP contribution in [-0.4, -0.2) is 40.1 Å². The summed E-state index contributed by atoms with van der Waals surface area (Å²) in [7, 11) is 1.24. The molecule has 0 aliphatic carbocycles. The highest BCUT2D eigenvalue weighted by molar-refractivity contribution is 6.06. The van der Waals surface area contributed by atoms with Crippen molar-refractivity contribution >= 4 is 23.4 Å². The van der Waals surface area contributed by atoms with Crippen LogP contribution >= 0.6 is 0 Å². The Balaban J connectivity index is 2.55. The van der Waals surface area contributed by atoms with Crippen LogP contribution in [0.5, 0.6) is 0 Å².